The van der Waals surface area contributed by atoms with E-state index in [9.17, 15) is 22.8 Å². The zero-order chi connectivity index (χ0) is 29.0. The van der Waals surface area contributed by atoms with Gasteiger partial charge in [-0.05, 0) is 37.5 Å². The fraction of sp³-hybridized carbons (Fsp3) is 0.538. The summed E-state index contributed by atoms with van der Waals surface area (Å²) in [5.41, 5.74) is 2.60. The fourth-order valence-electron chi connectivity index (χ4n) is 5.37. The molecule has 2 N–H and O–H groups in total. The summed E-state index contributed by atoms with van der Waals surface area (Å²) < 4.78 is 33.5. The minimum atomic E-state index is -5.08. The second kappa shape index (κ2) is 12.1. The van der Waals surface area contributed by atoms with Crippen molar-refractivity contribution in [1.82, 2.24) is 24.5 Å². The van der Waals surface area contributed by atoms with Gasteiger partial charge in [-0.2, -0.15) is 18.3 Å². The summed E-state index contributed by atoms with van der Waals surface area (Å²) in [5.74, 6) is -2.48. The summed E-state index contributed by atoms with van der Waals surface area (Å²) in [6, 6.07) is 7.75. The third kappa shape index (κ3) is 7.49. The minimum Gasteiger partial charge on any atom is -0.475 e. The first-order valence-corrected chi connectivity index (χ1v) is 12.6. The summed E-state index contributed by atoms with van der Waals surface area (Å²) in [6.07, 6.45) is 0.441. The second-order valence-corrected chi connectivity index (χ2v) is 10.4. The molecule has 1 aromatic carbocycles. The highest BCUT2D eigenvalue weighted by molar-refractivity contribution is 5.90. The number of carbonyl (C=O) groups is 3. The molecule has 214 valence electrons. The first-order valence-electron chi connectivity index (χ1n) is 12.6. The van der Waals surface area contributed by atoms with Crippen molar-refractivity contribution in [2.24, 2.45) is 18.4 Å². The van der Waals surface area contributed by atoms with Crippen LogP contribution in [0.15, 0.2) is 36.7 Å². The molecule has 3 heterocycles. The van der Waals surface area contributed by atoms with Gasteiger partial charge in [-0.3, -0.25) is 14.4 Å². The summed E-state index contributed by atoms with van der Waals surface area (Å²) >= 11 is 0. The average Bonchev–Trinajstić information content (AvgIpc) is 3.35. The summed E-state index contributed by atoms with van der Waals surface area (Å²) in [4.78, 5) is 41.4. The van der Waals surface area contributed by atoms with Crippen molar-refractivity contribution < 1.29 is 32.7 Å². The maximum Gasteiger partial charge on any atom is 0.490 e. The van der Waals surface area contributed by atoms with Crippen LogP contribution in [0.25, 0.3) is 0 Å². The normalized spacial score (nSPS) is 21.3. The Hall–Kier alpha value is -3.61. The van der Waals surface area contributed by atoms with E-state index in [0.717, 1.165) is 49.3 Å². The van der Waals surface area contributed by atoms with Gasteiger partial charge in [0.25, 0.3) is 0 Å². The van der Waals surface area contributed by atoms with Crippen molar-refractivity contribution >= 4 is 23.6 Å². The molecule has 0 bridgehead atoms. The number of alkyl halides is 3. The predicted octanol–water partition coefficient (Wildman–Crippen LogP) is 3.20. The first-order chi connectivity index (χ1) is 18.2. The molecular formula is C26H35F3N6O4. The minimum absolute atomic E-state index is 0.0885. The number of nitrogens with one attached hydrogen (secondary N) is 1. The van der Waals surface area contributed by atoms with Gasteiger partial charge < -0.3 is 20.2 Å². The number of aromatic nitrogens is 2. The van der Waals surface area contributed by atoms with Crippen LogP contribution in [0.2, 0.25) is 0 Å². The SMILES string of the molecule is Cc1cccc(NC(=O)N2CCC[C@]3(C(=O)N(C)C)CN(Cc4cnn(C)c4)C[C@@H]3C2)c1.O=C(O)C(F)(F)F. The van der Waals surface area contributed by atoms with Crippen molar-refractivity contribution in [2.75, 3.05) is 45.6 Å². The van der Waals surface area contributed by atoms with Crippen molar-refractivity contribution in [3.05, 3.63) is 47.8 Å². The average molecular weight is 553 g/mol. The Labute approximate surface area is 225 Å². The first kappa shape index (κ1) is 29.9. The molecule has 3 amide bonds. The highest BCUT2D eigenvalue weighted by atomic mass is 19.4. The number of carboxylic acid groups (broad SMARTS) is 1. The smallest absolute Gasteiger partial charge is 0.475 e. The van der Waals surface area contributed by atoms with Gasteiger partial charge in [-0.25, -0.2) is 9.59 Å². The van der Waals surface area contributed by atoms with Crippen molar-refractivity contribution in [3.63, 3.8) is 0 Å². The lowest BCUT2D eigenvalue weighted by atomic mass is 9.74. The second-order valence-electron chi connectivity index (χ2n) is 10.4. The highest BCUT2D eigenvalue weighted by Gasteiger charge is 2.53. The molecule has 39 heavy (non-hydrogen) atoms. The topological polar surface area (TPSA) is 111 Å². The van der Waals surface area contributed by atoms with E-state index in [0.29, 0.717) is 13.1 Å². The number of carboxylic acids is 1. The van der Waals surface area contributed by atoms with Crippen molar-refractivity contribution in [3.8, 4) is 0 Å². The number of aryl methyl sites for hydroxylation is 2. The molecule has 0 spiro atoms. The number of carbonyl (C=O) groups excluding carboxylic acids is 2. The number of rotatable bonds is 4. The maximum absolute atomic E-state index is 13.4. The lowest BCUT2D eigenvalue weighted by Gasteiger charge is -2.35. The highest BCUT2D eigenvalue weighted by Crippen LogP contribution is 2.44. The maximum atomic E-state index is 13.4. The summed E-state index contributed by atoms with van der Waals surface area (Å²) in [7, 11) is 5.59. The molecular weight excluding hydrogens is 517 g/mol. The lowest BCUT2D eigenvalue weighted by Crippen LogP contribution is -2.48. The molecule has 2 fully saturated rings. The number of urea groups is 1. The van der Waals surface area contributed by atoms with Crippen LogP contribution in [0.4, 0.5) is 23.7 Å². The molecule has 2 saturated heterocycles. The molecule has 0 saturated carbocycles. The summed E-state index contributed by atoms with van der Waals surface area (Å²) in [5, 5.41) is 14.5. The Morgan fingerprint density at radius 2 is 1.92 bits per heavy atom. The van der Waals surface area contributed by atoms with Crippen molar-refractivity contribution in [2.45, 2.75) is 32.5 Å². The van der Waals surface area contributed by atoms with Gasteiger partial charge in [0, 0.05) is 77.2 Å². The quantitative estimate of drug-likeness (QED) is 0.603. The van der Waals surface area contributed by atoms with Crippen LogP contribution in [0.5, 0.6) is 0 Å². The van der Waals surface area contributed by atoms with Gasteiger partial charge in [0.05, 0.1) is 11.6 Å². The Bertz CT molecular complexity index is 1180. The molecule has 13 heteroatoms. The van der Waals surface area contributed by atoms with E-state index in [2.05, 4.69) is 15.3 Å². The van der Waals surface area contributed by atoms with Gasteiger partial charge in [-0.1, -0.05) is 12.1 Å². The number of aliphatic carboxylic acids is 1. The standard InChI is InChI=1S/C24H34N6O2.C2HF3O2/c1-18-7-5-8-21(11-18)26-23(32)30-10-6-9-24(22(31)27(2)3)17-29(15-20(24)16-30)14-19-12-25-28(4)13-19;3-2(4,5)1(6)7/h5,7-8,11-13,20H,6,9-10,14-17H2,1-4H3,(H,26,32);(H,6,7)/t20-,24+;/m1./s1. The third-order valence-corrected chi connectivity index (χ3v) is 7.05. The zero-order valence-corrected chi connectivity index (χ0v) is 22.5. The molecule has 2 aromatic rings. The van der Waals surface area contributed by atoms with Gasteiger partial charge in [0.15, 0.2) is 0 Å². The number of hydrogen-bond donors (Lipinski definition) is 2. The van der Waals surface area contributed by atoms with Crippen LogP contribution >= 0.6 is 0 Å². The van der Waals surface area contributed by atoms with Crippen LogP contribution in [-0.2, 0) is 23.2 Å². The van der Waals surface area contributed by atoms with Crippen LogP contribution in [0.3, 0.4) is 0 Å². The third-order valence-electron chi connectivity index (χ3n) is 7.05. The Kier molecular flexibility index (Phi) is 9.26. The number of nitrogens with zero attached hydrogens (tertiary/aromatic N) is 5. The molecule has 0 aliphatic carbocycles. The predicted molar refractivity (Wildman–Crippen MR) is 138 cm³/mol. The number of fused-ring (bicyclic) bond motifs is 1. The van der Waals surface area contributed by atoms with Gasteiger partial charge in [0.2, 0.25) is 5.91 Å². The lowest BCUT2D eigenvalue weighted by molar-refractivity contribution is -0.192. The number of likely N-dealkylation sites (tertiary alicyclic amines) is 2. The molecule has 10 nitrogen and oxygen atoms in total. The molecule has 2 aliphatic rings. The van der Waals surface area contributed by atoms with Gasteiger partial charge >= 0.3 is 18.2 Å². The fourth-order valence-corrected chi connectivity index (χ4v) is 5.37. The largest absolute Gasteiger partial charge is 0.490 e. The summed E-state index contributed by atoms with van der Waals surface area (Å²) in [6.45, 7) is 5.54. The van der Waals surface area contributed by atoms with E-state index in [1.54, 1.807) is 4.90 Å². The molecule has 0 radical (unpaired) electrons. The van der Waals surface area contributed by atoms with E-state index in [1.807, 2.05) is 74.3 Å². The van der Waals surface area contributed by atoms with E-state index in [-0.39, 0.29) is 17.9 Å². The Balaban J connectivity index is 0.000000532. The van der Waals surface area contributed by atoms with E-state index in [1.165, 1.54) is 0 Å². The van der Waals surface area contributed by atoms with E-state index < -0.39 is 17.6 Å². The number of amides is 3. The van der Waals surface area contributed by atoms with Crippen LogP contribution in [0, 0.1) is 18.3 Å². The monoisotopic (exact) mass is 552 g/mol. The Morgan fingerprint density at radius 1 is 1.23 bits per heavy atom. The van der Waals surface area contributed by atoms with Crippen LogP contribution < -0.4 is 5.32 Å². The molecule has 0 unspecified atom stereocenters. The molecule has 2 aliphatic heterocycles. The van der Waals surface area contributed by atoms with Crippen molar-refractivity contribution in [1.29, 1.82) is 0 Å². The Morgan fingerprint density at radius 3 is 2.49 bits per heavy atom. The zero-order valence-electron chi connectivity index (χ0n) is 22.5. The number of anilines is 1. The van der Waals surface area contributed by atoms with Crippen LogP contribution in [0.1, 0.15) is 24.0 Å². The van der Waals surface area contributed by atoms with Gasteiger partial charge in [-0.15, -0.1) is 0 Å². The van der Waals surface area contributed by atoms with Crippen LogP contribution in [-0.4, -0.2) is 93.9 Å². The van der Waals surface area contributed by atoms with E-state index in [4.69, 9.17) is 9.90 Å². The van der Waals surface area contributed by atoms with E-state index >= 15 is 0 Å². The molecule has 2 atom stereocenters. The number of hydrogen-bond acceptors (Lipinski definition) is 5. The van der Waals surface area contributed by atoms with Gasteiger partial charge in [0.1, 0.15) is 0 Å². The number of benzene rings is 1. The molecule has 4 rings (SSSR count). The molecule has 1 aromatic heterocycles. The number of halogens is 3.